The molecule has 0 saturated carbocycles. The summed E-state index contributed by atoms with van der Waals surface area (Å²) in [5.74, 6) is -1.27. The number of anilines is 1. The van der Waals surface area contributed by atoms with Crippen molar-refractivity contribution in [1.29, 1.82) is 0 Å². The number of carbonyl (C=O) groups excluding carboxylic acids is 4. The summed E-state index contributed by atoms with van der Waals surface area (Å²) < 4.78 is 14.9. The average Bonchev–Trinajstić information content (AvgIpc) is 3.20. The smallest absolute Gasteiger partial charge is 0.327 e. The van der Waals surface area contributed by atoms with Crippen LogP contribution in [0.4, 0.5) is 5.82 Å². The summed E-state index contributed by atoms with van der Waals surface area (Å²) >= 11 is 0. The minimum Gasteiger partial charge on any atom is -0.469 e. The van der Waals surface area contributed by atoms with E-state index >= 15 is 0 Å². The van der Waals surface area contributed by atoms with Crippen molar-refractivity contribution in [2.45, 2.75) is 83.8 Å². The van der Waals surface area contributed by atoms with E-state index in [9.17, 15) is 24.3 Å². The van der Waals surface area contributed by atoms with Crippen LogP contribution < -0.4 is 11.5 Å². The first kappa shape index (κ1) is 64.4. The molecule has 0 aliphatic carbocycles. The first-order valence-corrected chi connectivity index (χ1v) is 29.2. The number of hydrogen-bond acceptors (Lipinski definition) is 18. The largest absolute Gasteiger partial charge is 0.469 e. The summed E-state index contributed by atoms with van der Waals surface area (Å²) in [7, 11) is 2.66. The number of benzene rings is 3. The molecule has 0 aliphatic rings. The van der Waals surface area contributed by atoms with Gasteiger partial charge in [-0.05, 0) is 106 Å². The molecule has 0 spiro atoms. The molecule has 9 aromatic heterocycles. The molecular formula is C70H70N14O7. The summed E-state index contributed by atoms with van der Waals surface area (Å²) in [6, 6.07) is 44.5. The molecule has 9 heterocycles. The number of methoxy groups -OCH3 is 2. The monoisotopic (exact) mass is 1220 g/mol. The number of rotatable bonds is 17. The molecule has 12 rings (SSSR count). The summed E-state index contributed by atoms with van der Waals surface area (Å²) in [6.07, 6.45) is 16.4. The van der Waals surface area contributed by atoms with E-state index in [0.29, 0.717) is 17.2 Å². The highest BCUT2D eigenvalue weighted by Gasteiger charge is 2.31. The van der Waals surface area contributed by atoms with E-state index in [0.717, 1.165) is 83.5 Å². The number of aromatic nitrogens is 12. The fourth-order valence-electron chi connectivity index (χ4n) is 10.2. The number of Topliss-reactive ketones (excluding diaryl/α,β-unsaturated/α-hetero) is 2. The molecule has 462 valence electrons. The van der Waals surface area contributed by atoms with Crippen LogP contribution in [0.3, 0.4) is 0 Å². The van der Waals surface area contributed by atoms with Gasteiger partial charge in [-0.2, -0.15) is 15.3 Å². The van der Waals surface area contributed by atoms with Crippen molar-refractivity contribution in [3.8, 4) is 17.1 Å². The van der Waals surface area contributed by atoms with Gasteiger partial charge in [-0.15, -0.1) is 0 Å². The van der Waals surface area contributed by atoms with E-state index < -0.39 is 29.5 Å². The zero-order chi connectivity index (χ0) is 64.6. The molecular weight excluding hydrogens is 1150 g/mol. The van der Waals surface area contributed by atoms with Crippen LogP contribution in [0.2, 0.25) is 0 Å². The molecule has 21 nitrogen and oxygen atoms in total. The van der Waals surface area contributed by atoms with Gasteiger partial charge in [-0.1, -0.05) is 91.0 Å². The Kier molecular flexibility index (Phi) is 21.1. The molecule has 0 radical (unpaired) electrons. The van der Waals surface area contributed by atoms with Crippen molar-refractivity contribution in [2.24, 2.45) is 5.73 Å². The molecule has 0 amide bonds. The van der Waals surface area contributed by atoms with E-state index in [-0.39, 0.29) is 43.2 Å². The highest BCUT2D eigenvalue weighted by atomic mass is 16.5. The van der Waals surface area contributed by atoms with Gasteiger partial charge in [0.2, 0.25) is 0 Å². The fourth-order valence-corrected chi connectivity index (χ4v) is 10.2. The Morgan fingerprint density at radius 1 is 0.484 bits per heavy atom. The molecule has 0 saturated heterocycles. The molecule has 3 aromatic carbocycles. The van der Waals surface area contributed by atoms with Crippen LogP contribution >= 0.6 is 0 Å². The third kappa shape index (κ3) is 16.8. The number of pyridine rings is 6. The number of nitrogens with two attached hydrogens (primary N) is 2. The van der Waals surface area contributed by atoms with Crippen molar-refractivity contribution < 1.29 is 33.8 Å². The second kappa shape index (κ2) is 29.8. The van der Waals surface area contributed by atoms with Crippen molar-refractivity contribution in [3.63, 3.8) is 0 Å². The maximum absolute atomic E-state index is 12.9. The first-order valence-electron chi connectivity index (χ1n) is 29.2. The van der Waals surface area contributed by atoms with Gasteiger partial charge < -0.3 is 26.0 Å². The van der Waals surface area contributed by atoms with Crippen LogP contribution in [0.15, 0.2) is 201 Å². The van der Waals surface area contributed by atoms with Gasteiger partial charge in [0.1, 0.15) is 23.4 Å². The molecule has 5 N–H and O–H groups in total. The van der Waals surface area contributed by atoms with Crippen molar-refractivity contribution in [2.75, 3.05) is 20.0 Å². The minimum absolute atomic E-state index is 0.0416. The predicted octanol–water partition coefficient (Wildman–Crippen LogP) is 10.3. The van der Waals surface area contributed by atoms with Crippen molar-refractivity contribution in [1.82, 2.24) is 59.2 Å². The van der Waals surface area contributed by atoms with Gasteiger partial charge in [0.05, 0.1) is 96.5 Å². The van der Waals surface area contributed by atoms with Gasteiger partial charge in [-0.3, -0.25) is 44.1 Å². The number of aryl methyl sites for hydroxylation is 3. The number of esters is 2. The highest BCUT2D eigenvalue weighted by molar-refractivity contribution is 5.90. The Labute approximate surface area is 525 Å². The molecule has 0 aliphatic heterocycles. The number of ketones is 2. The lowest BCUT2D eigenvalue weighted by Crippen LogP contribution is -2.31. The van der Waals surface area contributed by atoms with E-state index in [1.807, 2.05) is 164 Å². The number of carbonyl (C=O) groups is 4. The zero-order valence-corrected chi connectivity index (χ0v) is 51.5. The lowest BCUT2D eigenvalue weighted by molar-refractivity contribution is -0.144. The van der Waals surface area contributed by atoms with Crippen LogP contribution in [0.5, 0.6) is 0 Å². The van der Waals surface area contributed by atoms with Gasteiger partial charge >= 0.3 is 11.9 Å². The minimum atomic E-state index is -1.00. The standard InChI is InChI=1S/C25H26N4O2.C24H22N4O3.C12H11N5.C9H11NO2/c1-17-11-21(9-10-26-17)29-24-16-27-20(12-19(24)15-28-29)13-22(30)14-23(25(2,3)31)18-7-5-4-6-8-18;1-16-10-20(8-9-25-16)28-23-15-26-19(11-18(23)14-27-28)12-21(29)13-22(24(30)31-2)17-6-4-3-5-7-17;1-8-4-10(2-3-14-8)17-11-7-15-12(13)5-9(11)6-16-17;1-12-9(11)8(10)7-5-3-2-4-6-7/h4-12,15-16,23,31H,13-14H2,1-3H3;3-11,14-15,22H,12-13H2,1-2H3;2-7H,1H3,(H2,13,15);2-6,8H,10H2,1H3/t23-;22-;;8-/m00.0/s1. The second-order valence-electron chi connectivity index (χ2n) is 22.1. The van der Waals surface area contributed by atoms with Crippen molar-refractivity contribution >= 4 is 62.0 Å². The molecule has 12 aromatic rings. The fraction of sp³-hybridized carbons (Fsp3) is 0.214. The average molecular weight is 1220 g/mol. The van der Waals surface area contributed by atoms with Gasteiger partial charge in [0, 0.05) is 94.8 Å². The van der Waals surface area contributed by atoms with Gasteiger partial charge in [-0.25, -0.2) is 19.0 Å². The van der Waals surface area contributed by atoms with E-state index in [1.165, 1.54) is 14.2 Å². The molecule has 0 fully saturated rings. The molecule has 0 unspecified atom stereocenters. The van der Waals surface area contributed by atoms with Crippen LogP contribution in [0, 0.1) is 20.8 Å². The van der Waals surface area contributed by atoms with Crippen LogP contribution in [-0.2, 0) is 41.5 Å². The third-order valence-electron chi connectivity index (χ3n) is 14.8. The Morgan fingerprint density at radius 2 is 0.868 bits per heavy atom. The lowest BCUT2D eigenvalue weighted by Gasteiger charge is -2.29. The summed E-state index contributed by atoms with van der Waals surface area (Å²) in [5.41, 5.74) is 22.3. The molecule has 91 heavy (non-hydrogen) atoms. The normalized spacial score (nSPS) is 12.1. The molecule has 21 heteroatoms. The molecule has 0 bridgehead atoms. The topological polar surface area (TPSA) is 290 Å². The number of nitrogens with zero attached hydrogens (tertiary/aromatic N) is 12. The zero-order valence-electron chi connectivity index (χ0n) is 51.5. The van der Waals surface area contributed by atoms with Gasteiger partial charge in [0.15, 0.2) is 0 Å². The van der Waals surface area contributed by atoms with Crippen LogP contribution in [0.25, 0.3) is 49.8 Å². The first-order chi connectivity index (χ1) is 43.8. The Morgan fingerprint density at radius 3 is 1.27 bits per heavy atom. The Balaban J connectivity index is 0.000000153. The second-order valence-corrected chi connectivity index (χ2v) is 22.1. The number of nitrogen functional groups attached to an aromatic ring is 1. The predicted molar refractivity (Wildman–Crippen MR) is 347 cm³/mol. The van der Waals surface area contributed by atoms with E-state index in [2.05, 4.69) is 49.9 Å². The van der Waals surface area contributed by atoms with Gasteiger partial charge in [0.25, 0.3) is 0 Å². The maximum atomic E-state index is 12.9. The lowest BCUT2D eigenvalue weighted by atomic mass is 9.80. The summed E-state index contributed by atoms with van der Waals surface area (Å²) in [6.45, 7) is 9.31. The molecule has 3 atom stereocenters. The Hall–Kier alpha value is -11.0. The SMILES string of the molecule is COC(=O)[C@@H](CC(=O)Cc1cc2cnn(-c3ccnc(C)c3)c2cn1)c1ccccc1.COC(=O)[C@@H](N)c1ccccc1.Cc1cc(-n2ncc3cc(CC(=O)C[C@@H](c4ccccc4)C(C)(C)O)ncc32)ccn1.Cc1cc(-n2ncc3cc(N)ncc32)ccn1. The van der Waals surface area contributed by atoms with Crippen LogP contribution in [0.1, 0.15) is 89.7 Å². The number of ether oxygens (including phenoxy) is 2. The van der Waals surface area contributed by atoms with Crippen LogP contribution in [-0.4, -0.2) is 108 Å². The quantitative estimate of drug-likeness (QED) is 0.0714. The Bertz CT molecular complexity index is 4450. The number of fused-ring (bicyclic) bond motifs is 3. The maximum Gasteiger partial charge on any atom is 0.327 e. The number of hydrogen-bond donors (Lipinski definition) is 3. The van der Waals surface area contributed by atoms with E-state index in [4.69, 9.17) is 16.2 Å². The summed E-state index contributed by atoms with van der Waals surface area (Å²) in [5, 5.41) is 26.7. The van der Waals surface area contributed by atoms with Crippen molar-refractivity contribution in [3.05, 3.63) is 247 Å². The highest BCUT2D eigenvalue weighted by Crippen LogP contribution is 2.32. The number of aliphatic hydroxyl groups is 1. The summed E-state index contributed by atoms with van der Waals surface area (Å²) in [4.78, 5) is 74.5. The third-order valence-corrected chi connectivity index (χ3v) is 14.8. The van der Waals surface area contributed by atoms with E-state index in [1.54, 1.807) is 86.4 Å².